The average Bonchev–Trinajstić information content (AvgIpc) is 2.81. The van der Waals surface area contributed by atoms with E-state index in [4.69, 9.17) is 0 Å². The van der Waals surface area contributed by atoms with E-state index >= 15 is 0 Å². The Labute approximate surface area is 125 Å². The van der Waals surface area contributed by atoms with E-state index in [-0.39, 0.29) is 11.9 Å². The Balaban J connectivity index is 2.38. The van der Waals surface area contributed by atoms with Crippen molar-refractivity contribution in [1.29, 1.82) is 0 Å². The van der Waals surface area contributed by atoms with E-state index < -0.39 is 0 Å². The summed E-state index contributed by atoms with van der Waals surface area (Å²) < 4.78 is 14.1. The number of halogens is 2. The molecule has 2 rings (SSSR count). The van der Waals surface area contributed by atoms with Gasteiger partial charge in [-0.2, -0.15) is 0 Å². The van der Waals surface area contributed by atoms with Crippen LogP contribution in [-0.2, 0) is 6.42 Å². The maximum absolute atomic E-state index is 13.2. The van der Waals surface area contributed by atoms with Gasteiger partial charge in [0.2, 0.25) is 0 Å². The van der Waals surface area contributed by atoms with Gasteiger partial charge in [-0.3, -0.25) is 0 Å². The van der Waals surface area contributed by atoms with Crippen molar-refractivity contribution in [3.8, 4) is 0 Å². The Bertz CT molecular complexity index is 538. The number of hydrogen-bond acceptors (Lipinski definition) is 2. The second-order valence-corrected chi connectivity index (χ2v) is 6.41. The number of thiophene rings is 1. The van der Waals surface area contributed by atoms with Crippen LogP contribution < -0.4 is 5.32 Å². The lowest BCUT2D eigenvalue weighted by Crippen LogP contribution is -2.17. The number of nitrogens with one attached hydrogen (secondary N) is 1. The Morgan fingerprint density at radius 1 is 1.33 bits per heavy atom. The Hall–Kier alpha value is -0.460. The average molecular weight is 375 g/mol. The molecule has 0 aliphatic heterocycles. The Kier molecular flexibility index (Phi) is 4.75. The van der Waals surface area contributed by atoms with Crippen molar-refractivity contribution in [3.63, 3.8) is 0 Å². The first-order valence-corrected chi connectivity index (χ1v) is 7.76. The van der Waals surface area contributed by atoms with Gasteiger partial charge < -0.3 is 5.32 Å². The highest BCUT2D eigenvalue weighted by Crippen LogP contribution is 2.31. The fraction of sp³-hybridized carbons (Fsp3) is 0.286. The van der Waals surface area contributed by atoms with E-state index in [2.05, 4.69) is 47.0 Å². The summed E-state index contributed by atoms with van der Waals surface area (Å²) in [5, 5.41) is 3.32. The van der Waals surface area contributed by atoms with Crippen LogP contribution in [0.3, 0.4) is 0 Å². The molecule has 18 heavy (non-hydrogen) atoms. The van der Waals surface area contributed by atoms with Gasteiger partial charge in [0.1, 0.15) is 5.82 Å². The quantitative estimate of drug-likeness (QED) is 0.783. The van der Waals surface area contributed by atoms with E-state index in [1.807, 2.05) is 24.5 Å². The lowest BCUT2D eigenvalue weighted by atomic mass is 10.1. The lowest BCUT2D eigenvalue weighted by Gasteiger charge is -2.16. The van der Waals surface area contributed by atoms with Crippen molar-refractivity contribution in [2.24, 2.45) is 0 Å². The molecule has 0 radical (unpaired) electrons. The third-order valence-corrected chi connectivity index (χ3v) is 5.11. The zero-order chi connectivity index (χ0) is 13.1. The predicted octanol–water partition coefficient (Wildman–Crippen LogP) is 4.36. The zero-order valence-corrected chi connectivity index (χ0v) is 13.3. The number of benzene rings is 1. The summed E-state index contributed by atoms with van der Waals surface area (Å²) in [6, 6.07) is 9.43. The minimum Gasteiger partial charge on any atom is -0.309 e. The summed E-state index contributed by atoms with van der Waals surface area (Å²) in [6.07, 6.45) is 1.06. The molecule has 1 heterocycles. The van der Waals surface area contributed by atoms with Gasteiger partial charge in [0.15, 0.2) is 0 Å². The second-order valence-electron chi connectivity index (χ2n) is 4.05. The van der Waals surface area contributed by atoms with Crippen LogP contribution in [0.5, 0.6) is 0 Å². The van der Waals surface area contributed by atoms with Gasteiger partial charge in [0.25, 0.3) is 0 Å². The number of hydrogen-bond donors (Lipinski definition) is 1. The predicted molar refractivity (Wildman–Crippen MR) is 83.7 cm³/mol. The van der Waals surface area contributed by atoms with Crippen LogP contribution in [0.15, 0.2) is 30.3 Å². The molecule has 0 aliphatic carbocycles. The molecule has 4 heteroatoms. The highest BCUT2D eigenvalue weighted by Gasteiger charge is 2.17. The largest absolute Gasteiger partial charge is 0.309 e. The molecule has 0 fully saturated rings. The third-order valence-electron chi connectivity index (χ3n) is 2.88. The molecule has 1 atom stereocenters. The van der Waals surface area contributed by atoms with Crippen molar-refractivity contribution in [3.05, 3.63) is 55.0 Å². The summed E-state index contributed by atoms with van der Waals surface area (Å²) in [5.41, 5.74) is 1.13. The lowest BCUT2D eigenvalue weighted by molar-refractivity contribution is 0.622. The van der Waals surface area contributed by atoms with Crippen LogP contribution >= 0.6 is 33.9 Å². The molecule has 1 aromatic carbocycles. The SMILES string of the molecule is CCc1ccc(C(NC)c2ccc(F)cc2I)s1. The monoisotopic (exact) mass is 375 g/mol. The molecule has 0 aliphatic rings. The maximum atomic E-state index is 13.2. The Morgan fingerprint density at radius 3 is 2.67 bits per heavy atom. The van der Waals surface area contributed by atoms with Gasteiger partial charge in [-0.1, -0.05) is 13.0 Å². The minimum atomic E-state index is -0.182. The van der Waals surface area contributed by atoms with Gasteiger partial charge in [-0.05, 0) is 65.9 Å². The van der Waals surface area contributed by atoms with Crippen molar-refractivity contribution in [2.45, 2.75) is 19.4 Å². The fourth-order valence-corrected chi connectivity index (χ4v) is 3.80. The van der Waals surface area contributed by atoms with Crippen LogP contribution in [0.1, 0.15) is 28.3 Å². The highest BCUT2D eigenvalue weighted by molar-refractivity contribution is 14.1. The summed E-state index contributed by atoms with van der Waals surface area (Å²) >= 11 is 4.01. The molecule has 96 valence electrons. The van der Waals surface area contributed by atoms with Crippen molar-refractivity contribution < 1.29 is 4.39 Å². The topological polar surface area (TPSA) is 12.0 Å². The number of aryl methyl sites for hydroxylation is 1. The van der Waals surface area contributed by atoms with E-state index in [0.29, 0.717) is 0 Å². The van der Waals surface area contributed by atoms with Crippen molar-refractivity contribution in [2.75, 3.05) is 7.05 Å². The van der Waals surface area contributed by atoms with Crippen LogP contribution in [-0.4, -0.2) is 7.05 Å². The van der Waals surface area contributed by atoms with Crippen molar-refractivity contribution >= 4 is 33.9 Å². The molecular weight excluding hydrogens is 360 g/mol. The van der Waals surface area contributed by atoms with Crippen LogP contribution in [0.25, 0.3) is 0 Å². The van der Waals surface area contributed by atoms with Gasteiger partial charge >= 0.3 is 0 Å². The first-order valence-electron chi connectivity index (χ1n) is 5.86. The van der Waals surface area contributed by atoms with Gasteiger partial charge in [-0.15, -0.1) is 11.3 Å². The molecule has 1 unspecified atom stereocenters. The molecule has 0 spiro atoms. The molecule has 0 bridgehead atoms. The molecule has 1 aromatic heterocycles. The molecule has 0 saturated carbocycles. The van der Waals surface area contributed by atoms with Crippen LogP contribution in [0, 0.1) is 9.39 Å². The number of rotatable bonds is 4. The van der Waals surface area contributed by atoms with Crippen molar-refractivity contribution in [1.82, 2.24) is 5.32 Å². The fourth-order valence-electron chi connectivity index (χ4n) is 1.93. The molecule has 1 N–H and O–H groups in total. The summed E-state index contributed by atoms with van der Waals surface area (Å²) in [4.78, 5) is 2.65. The first-order chi connectivity index (χ1) is 8.65. The zero-order valence-electron chi connectivity index (χ0n) is 10.3. The molecule has 0 saturated heterocycles. The highest BCUT2D eigenvalue weighted by atomic mass is 127. The second kappa shape index (κ2) is 6.12. The van der Waals surface area contributed by atoms with Gasteiger partial charge in [0, 0.05) is 13.3 Å². The maximum Gasteiger partial charge on any atom is 0.124 e. The van der Waals surface area contributed by atoms with Crippen LogP contribution in [0.4, 0.5) is 4.39 Å². The molecule has 0 amide bonds. The standard InChI is InChI=1S/C14H15FINS/c1-3-10-5-7-13(18-10)14(17-2)11-6-4-9(15)8-12(11)16/h4-8,14,17H,3H2,1-2H3. The first kappa shape index (κ1) is 14.0. The smallest absolute Gasteiger partial charge is 0.124 e. The third kappa shape index (κ3) is 2.92. The normalized spacial score (nSPS) is 12.7. The van der Waals surface area contributed by atoms with Gasteiger partial charge in [-0.25, -0.2) is 4.39 Å². The summed E-state index contributed by atoms with van der Waals surface area (Å²) in [5.74, 6) is -0.182. The molecule has 2 aromatic rings. The van der Waals surface area contributed by atoms with E-state index in [9.17, 15) is 4.39 Å². The van der Waals surface area contributed by atoms with E-state index in [0.717, 1.165) is 15.6 Å². The van der Waals surface area contributed by atoms with Gasteiger partial charge in [0.05, 0.1) is 6.04 Å². The summed E-state index contributed by atoms with van der Waals surface area (Å²) in [6.45, 7) is 2.16. The molecule has 1 nitrogen and oxygen atoms in total. The summed E-state index contributed by atoms with van der Waals surface area (Å²) in [7, 11) is 1.94. The molecular formula is C14H15FINS. The minimum absolute atomic E-state index is 0.141. The van der Waals surface area contributed by atoms with E-state index in [1.165, 1.54) is 15.8 Å². The Morgan fingerprint density at radius 2 is 2.11 bits per heavy atom. The van der Waals surface area contributed by atoms with E-state index in [1.54, 1.807) is 6.07 Å². The van der Waals surface area contributed by atoms with Crippen LogP contribution in [0.2, 0.25) is 0 Å².